The molecule has 4 aromatic carbocycles. The maximum Gasteiger partial charge on any atom is 0.200 e. The predicted octanol–water partition coefficient (Wildman–Crippen LogP) is 7.80. The largest absolute Gasteiger partial charge is 0.207 e. The van der Waals surface area contributed by atoms with Crippen LogP contribution in [0.15, 0.2) is 60.9 Å². The Labute approximate surface area is 279 Å². The molecule has 0 amide bonds. The summed E-state index contributed by atoms with van der Waals surface area (Å²) in [6, 6.07) is 11.1. The molecule has 0 N–H and O–H groups in total. The number of benzene rings is 4. The number of hydrogen-bond donors (Lipinski definition) is 0. The molecule has 270 valence electrons. The number of aromatic nitrogens is 1. The van der Waals surface area contributed by atoms with Gasteiger partial charge in [-0.1, -0.05) is 55.3 Å². The normalized spacial score (nSPS) is 11.5. The Morgan fingerprint density at radius 3 is 1.02 bits per heavy atom. The second-order valence-corrected chi connectivity index (χ2v) is 11.2. The van der Waals surface area contributed by atoms with Crippen molar-refractivity contribution in [2.45, 2.75) is 32.6 Å². The van der Waals surface area contributed by atoms with Gasteiger partial charge in [-0.2, -0.15) is 0 Å². The maximum absolute atomic E-state index is 15.3. The molecule has 0 atom stereocenters. The first-order valence-corrected chi connectivity index (χ1v) is 14.7. The number of pyridine rings is 1. The first-order valence-electron chi connectivity index (χ1n) is 14.7. The van der Waals surface area contributed by atoms with E-state index < -0.39 is 122 Å². The molecule has 0 aliphatic heterocycles. The monoisotopic (exact) mass is 739 g/mol. The molecule has 0 aliphatic rings. The lowest BCUT2D eigenvalue weighted by Gasteiger charge is -2.44. The van der Waals surface area contributed by atoms with E-state index in [1.54, 1.807) is 0 Å². The molecular weight excluding hydrogens is 718 g/mol. The Kier molecular flexibility index (Phi) is 11.8. The van der Waals surface area contributed by atoms with Crippen LogP contribution in [0.25, 0.3) is 0 Å². The van der Waals surface area contributed by atoms with Crippen LogP contribution in [0.3, 0.4) is 0 Å². The lowest BCUT2D eigenvalue weighted by molar-refractivity contribution is -0.697. The van der Waals surface area contributed by atoms with E-state index in [-0.39, 0.29) is 0 Å². The molecule has 0 saturated carbocycles. The van der Waals surface area contributed by atoms with Gasteiger partial charge >= 0.3 is 0 Å². The quantitative estimate of drug-likeness (QED) is 0.0504. The highest BCUT2D eigenvalue weighted by molar-refractivity contribution is 7.11. The first-order chi connectivity index (χ1) is 24.0. The van der Waals surface area contributed by atoms with Gasteiger partial charge in [-0.05, 0) is 0 Å². The molecular formula is C34H21BF15N. The summed E-state index contributed by atoms with van der Waals surface area (Å²) in [6.07, 6.45) is -0.666. The van der Waals surface area contributed by atoms with Crippen LogP contribution < -0.4 is 21.0 Å². The molecule has 0 saturated heterocycles. The number of hydrogen-bond acceptors (Lipinski definition) is 0. The van der Waals surface area contributed by atoms with Gasteiger partial charge in [0.05, 0.1) is 0 Å². The average molecular weight is 739 g/mol. The fraction of sp³-hybridized carbons (Fsp3) is 0.147. The topological polar surface area (TPSA) is 3.88 Å². The fourth-order valence-electron chi connectivity index (χ4n) is 5.79. The SMILES string of the molecule is CCCC[n+]1ccccc1.Fc1c(F)c(F)c([B-](Cc2ccccc2)(c2c(F)c(F)c(F)c(F)c2F)c2c(F)c(F)c(F)c(F)c2F)c(F)c1F. The summed E-state index contributed by atoms with van der Waals surface area (Å²) in [7, 11) is 0. The summed E-state index contributed by atoms with van der Waals surface area (Å²) in [6.45, 7) is 3.36. The van der Waals surface area contributed by atoms with Crippen LogP contribution >= 0.6 is 0 Å². The van der Waals surface area contributed by atoms with E-state index in [2.05, 4.69) is 36.0 Å². The minimum absolute atomic E-state index is 0.607. The van der Waals surface area contributed by atoms with Gasteiger partial charge < -0.3 is 0 Å². The number of nitrogens with zero attached hydrogens (tertiary/aromatic N) is 1. The Balaban J connectivity index is 0.000000502. The molecule has 0 fully saturated rings. The number of aryl methyl sites for hydroxylation is 1. The van der Waals surface area contributed by atoms with Crippen LogP contribution in [-0.4, -0.2) is 6.15 Å². The van der Waals surface area contributed by atoms with Gasteiger partial charge in [0.2, 0.25) is 0 Å². The second-order valence-electron chi connectivity index (χ2n) is 11.2. The molecule has 0 spiro atoms. The summed E-state index contributed by atoms with van der Waals surface area (Å²) in [4.78, 5) is 0. The van der Waals surface area contributed by atoms with Crippen molar-refractivity contribution in [3.8, 4) is 0 Å². The van der Waals surface area contributed by atoms with E-state index in [4.69, 9.17) is 0 Å². The number of unbranched alkanes of at least 4 members (excludes halogenated alkanes) is 1. The molecule has 1 heterocycles. The molecule has 0 bridgehead atoms. The summed E-state index contributed by atoms with van der Waals surface area (Å²) in [5.74, 6) is -45.2. The minimum Gasteiger partial charge on any atom is -0.207 e. The van der Waals surface area contributed by atoms with Crippen LogP contribution in [-0.2, 0) is 12.9 Å². The van der Waals surface area contributed by atoms with Crippen molar-refractivity contribution >= 4 is 22.5 Å². The van der Waals surface area contributed by atoms with Crippen LogP contribution in [0, 0.1) is 87.3 Å². The van der Waals surface area contributed by atoms with E-state index >= 15 is 26.3 Å². The van der Waals surface area contributed by atoms with E-state index in [9.17, 15) is 39.5 Å². The Morgan fingerprint density at radius 1 is 0.412 bits per heavy atom. The molecule has 5 rings (SSSR count). The van der Waals surface area contributed by atoms with Crippen LogP contribution in [0.2, 0.25) is 0 Å². The number of rotatable bonds is 8. The molecule has 5 aromatic rings. The molecule has 0 aliphatic carbocycles. The Morgan fingerprint density at radius 2 is 0.706 bits per heavy atom. The van der Waals surface area contributed by atoms with E-state index in [0.29, 0.717) is 0 Å². The molecule has 17 heteroatoms. The van der Waals surface area contributed by atoms with Gasteiger partial charge in [0, 0.05) is 18.6 Å². The second kappa shape index (κ2) is 15.5. The van der Waals surface area contributed by atoms with E-state index in [1.807, 2.05) is 6.07 Å². The van der Waals surface area contributed by atoms with Crippen molar-refractivity contribution in [3.05, 3.63) is 154 Å². The maximum atomic E-state index is 15.3. The van der Waals surface area contributed by atoms with Crippen LogP contribution in [0.1, 0.15) is 25.3 Å². The molecule has 51 heavy (non-hydrogen) atoms. The summed E-state index contributed by atoms with van der Waals surface area (Å²) in [5, 5.41) is 0. The van der Waals surface area contributed by atoms with Gasteiger partial charge in [0.1, 0.15) is 47.6 Å². The zero-order chi connectivity index (χ0) is 37.9. The average Bonchev–Trinajstić information content (AvgIpc) is 3.13. The molecule has 1 aromatic heterocycles. The van der Waals surface area contributed by atoms with Gasteiger partial charge in [-0.15, -0.1) is 22.7 Å². The smallest absolute Gasteiger partial charge is 0.200 e. The van der Waals surface area contributed by atoms with Crippen molar-refractivity contribution < 1.29 is 70.4 Å². The Bertz CT molecular complexity index is 1820. The zero-order valence-corrected chi connectivity index (χ0v) is 25.8. The third-order valence-electron chi connectivity index (χ3n) is 8.14. The highest BCUT2D eigenvalue weighted by Gasteiger charge is 2.48. The van der Waals surface area contributed by atoms with Gasteiger partial charge in [-0.25, -0.2) is 70.4 Å². The predicted molar refractivity (Wildman–Crippen MR) is 155 cm³/mol. The van der Waals surface area contributed by atoms with Crippen molar-refractivity contribution in [1.29, 1.82) is 0 Å². The minimum atomic E-state index is -5.59. The lowest BCUT2D eigenvalue weighted by Crippen LogP contribution is -2.74. The van der Waals surface area contributed by atoms with E-state index in [1.165, 1.54) is 18.9 Å². The van der Waals surface area contributed by atoms with Crippen molar-refractivity contribution in [1.82, 2.24) is 0 Å². The van der Waals surface area contributed by atoms with Crippen molar-refractivity contribution in [3.63, 3.8) is 0 Å². The van der Waals surface area contributed by atoms with Gasteiger partial charge in [0.15, 0.2) is 64.7 Å². The van der Waals surface area contributed by atoms with Crippen LogP contribution in [0.5, 0.6) is 0 Å². The third kappa shape index (κ3) is 6.89. The van der Waals surface area contributed by atoms with E-state index in [0.717, 1.165) is 30.8 Å². The zero-order valence-electron chi connectivity index (χ0n) is 25.8. The summed E-state index contributed by atoms with van der Waals surface area (Å²) < 4.78 is 223. The molecule has 1 nitrogen and oxygen atoms in total. The highest BCUT2D eigenvalue weighted by atomic mass is 19.2. The van der Waals surface area contributed by atoms with Crippen molar-refractivity contribution in [2.24, 2.45) is 0 Å². The van der Waals surface area contributed by atoms with Gasteiger partial charge in [0.25, 0.3) is 0 Å². The summed E-state index contributed by atoms with van der Waals surface area (Å²) in [5.41, 5.74) is -8.49. The van der Waals surface area contributed by atoms with Crippen LogP contribution in [0.4, 0.5) is 65.9 Å². The van der Waals surface area contributed by atoms with Crippen molar-refractivity contribution in [2.75, 3.05) is 0 Å². The Hall–Kier alpha value is -4.96. The lowest BCUT2D eigenvalue weighted by atomic mass is 9.13. The molecule has 0 radical (unpaired) electrons. The van der Waals surface area contributed by atoms with Gasteiger partial charge in [-0.3, -0.25) is 0 Å². The highest BCUT2D eigenvalue weighted by Crippen LogP contribution is 2.30. The standard InChI is InChI=1S/C25H7BF15.C9H14N/c27-11-8(12(28)18(34)23(39)17(11)33)26(6-7-4-2-1-3-5-7,9-13(29)19(35)24(40)20(36)14(9)30)10-15(31)21(37)25(41)22(38)16(10)32;1-2-3-7-10-8-5-4-6-9-10/h1-5H,6H2;4-6,8-9H,2-3,7H2,1H3/q-1;+1. The molecule has 0 unspecified atom stereocenters. The fourth-order valence-corrected chi connectivity index (χ4v) is 5.79. The summed E-state index contributed by atoms with van der Waals surface area (Å²) >= 11 is 0. The third-order valence-corrected chi connectivity index (χ3v) is 8.14. The number of halogens is 15. The first kappa shape index (κ1) is 38.8.